The number of carbonyl (C=O) groups excluding carboxylic acids is 1. The summed E-state index contributed by atoms with van der Waals surface area (Å²) < 4.78 is 32.5. The van der Waals surface area contributed by atoms with E-state index in [-0.39, 0.29) is 29.6 Å². The lowest BCUT2D eigenvalue weighted by atomic mass is 10.1. The highest BCUT2D eigenvalue weighted by molar-refractivity contribution is 7.91. The number of ether oxygens (including phenoxy) is 1. The molecule has 1 aromatic carbocycles. The maximum atomic E-state index is 12.6. The molecular weight excluding hydrogens is 396 g/mol. The van der Waals surface area contributed by atoms with Crippen LogP contribution >= 0.6 is 22.9 Å². The predicted molar refractivity (Wildman–Crippen MR) is 101 cm³/mol. The summed E-state index contributed by atoms with van der Waals surface area (Å²) in [5, 5.41) is 0. The van der Waals surface area contributed by atoms with Crippen molar-refractivity contribution in [1.82, 2.24) is 9.21 Å². The molecule has 1 aliphatic rings. The van der Waals surface area contributed by atoms with E-state index in [1.54, 1.807) is 18.1 Å². The molecule has 1 saturated heterocycles. The number of hydrogen-bond acceptors (Lipinski definition) is 5. The molecule has 0 radical (unpaired) electrons. The van der Waals surface area contributed by atoms with E-state index < -0.39 is 10.0 Å². The third-order valence-corrected chi connectivity index (χ3v) is 7.82. The number of methoxy groups -OCH3 is 1. The maximum Gasteiger partial charge on any atom is 0.252 e. The number of rotatable bonds is 5. The number of hydrogen-bond donors (Lipinski definition) is 0. The number of benzene rings is 1. The zero-order chi connectivity index (χ0) is 18.7. The molecule has 140 valence electrons. The molecule has 0 unspecified atom stereocenters. The molecule has 1 aromatic heterocycles. The smallest absolute Gasteiger partial charge is 0.252 e. The van der Waals surface area contributed by atoms with Gasteiger partial charge < -0.3 is 9.64 Å². The van der Waals surface area contributed by atoms with Crippen molar-refractivity contribution in [2.75, 3.05) is 33.3 Å². The van der Waals surface area contributed by atoms with Crippen molar-refractivity contribution in [1.29, 1.82) is 0 Å². The molecule has 9 heteroatoms. The SMILES string of the molecule is COc1cccc(CC(=O)N2CCN(S(=O)(=O)c3ccc(Cl)s3)CC2)c1. The van der Waals surface area contributed by atoms with Gasteiger partial charge in [0.25, 0.3) is 10.0 Å². The second-order valence-corrected chi connectivity index (χ2v) is 9.75. The second-order valence-electron chi connectivity index (χ2n) is 5.87. The van der Waals surface area contributed by atoms with Crippen LogP contribution < -0.4 is 4.74 Å². The van der Waals surface area contributed by atoms with Crippen LogP contribution in [-0.4, -0.2) is 56.8 Å². The summed E-state index contributed by atoms with van der Waals surface area (Å²) in [6.45, 7) is 1.31. The predicted octanol–water partition coefficient (Wildman–Crippen LogP) is 2.49. The quantitative estimate of drug-likeness (QED) is 0.753. The number of thiophene rings is 1. The number of nitrogens with zero attached hydrogens (tertiary/aromatic N) is 2. The number of sulfonamides is 1. The Hall–Kier alpha value is -1.61. The largest absolute Gasteiger partial charge is 0.497 e. The van der Waals surface area contributed by atoms with Crippen LogP contribution in [-0.2, 0) is 21.2 Å². The first-order valence-electron chi connectivity index (χ1n) is 8.06. The van der Waals surface area contributed by atoms with E-state index in [0.29, 0.717) is 23.2 Å². The van der Waals surface area contributed by atoms with Gasteiger partial charge in [0.05, 0.1) is 17.9 Å². The molecule has 0 atom stereocenters. The van der Waals surface area contributed by atoms with E-state index in [2.05, 4.69) is 0 Å². The standard InChI is InChI=1S/C17H19ClN2O4S2/c1-24-14-4-2-3-13(11-14)12-16(21)19-7-9-20(10-8-19)26(22,23)17-6-5-15(18)25-17/h2-6,11H,7-10,12H2,1H3. The summed E-state index contributed by atoms with van der Waals surface area (Å²) in [5.41, 5.74) is 0.873. The fourth-order valence-electron chi connectivity index (χ4n) is 2.81. The lowest BCUT2D eigenvalue weighted by Gasteiger charge is -2.33. The van der Waals surface area contributed by atoms with Gasteiger partial charge in [-0.25, -0.2) is 8.42 Å². The van der Waals surface area contributed by atoms with Crippen LogP contribution in [0.5, 0.6) is 5.75 Å². The first kappa shape index (κ1) is 19.2. The average molecular weight is 415 g/mol. The van der Waals surface area contributed by atoms with E-state index in [4.69, 9.17) is 16.3 Å². The Morgan fingerprint density at radius 1 is 1.19 bits per heavy atom. The Balaban J connectivity index is 1.60. The summed E-state index contributed by atoms with van der Waals surface area (Å²) in [6, 6.07) is 10.5. The van der Waals surface area contributed by atoms with Gasteiger partial charge >= 0.3 is 0 Å². The first-order chi connectivity index (χ1) is 12.4. The van der Waals surface area contributed by atoms with Crippen molar-refractivity contribution in [2.24, 2.45) is 0 Å². The Morgan fingerprint density at radius 3 is 2.54 bits per heavy atom. The molecule has 2 heterocycles. The van der Waals surface area contributed by atoms with Crippen molar-refractivity contribution < 1.29 is 17.9 Å². The molecule has 1 amide bonds. The van der Waals surface area contributed by atoms with Crippen LogP contribution in [0.3, 0.4) is 0 Å². The minimum atomic E-state index is -3.55. The van der Waals surface area contributed by atoms with Crippen molar-refractivity contribution in [3.8, 4) is 5.75 Å². The monoisotopic (exact) mass is 414 g/mol. The number of carbonyl (C=O) groups is 1. The normalized spacial score (nSPS) is 15.8. The minimum Gasteiger partial charge on any atom is -0.497 e. The molecular formula is C17H19ClN2O4S2. The molecule has 0 aliphatic carbocycles. The van der Waals surface area contributed by atoms with Gasteiger partial charge in [0.15, 0.2) is 0 Å². The Morgan fingerprint density at radius 2 is 1.92 bits per heavy atom. The fourth-order valence-corrected chi connectivity index (χ4v) is 5.87. The minimum absolute atomic E-state index is 0.0190. The van der Waals surface area contributed by atoms with Crippen molar-refractivity contribution in [3.63, 3.8) is 0 Å². The van der Waals surface area contributed by atoms with Crippen LogP contribution in [0, 0.1) is 0 Å². The van der Waals surface area contributed by atoms with Gasteiger partial charge in [-0.15, -0.1) is 11.3 Å². The molecule has 1 aliphatic heterocycles. The Kier molecular flexibility index (Phi) is 5.86. The number of piperazine rings is 1. The zero-order valence-electron chi connectivity index (χ0n) is 14.2. The maximum absolute atomic E-state index is 12.6. The molecule has 3 rings (SSSR count). The van der Waals surface area contributed by atoms with Crippen molar-refractivity contribution in [2.45, 2.75) is 10.6 Å². The lowest BCUT2D eigenvalue weighted by molar-refractivity contribution is -0.131. The summed E-state index contributed by atoms with van der Waals surface area (Å²) >= 11 is 6.89. The van der Waals surface area contributed by atoms with Gasteiger partial charge in [0.2, 0.25) is 5.91 Å². The van der Waals surface area contributed by atoms with Crippen LogP contribution in [0.15, 0.2) is 40.6 Å². The van der Waals surface area contributed by atoms with Gasteiger partial charge in [-0.1, -0.05) is 23.7 Å². The van der Waals surface area contributed by atoms with Gasteiger partial charge in [-0.3, -0.25) is 4.79 Å². The number of amides is 1. The summed E-state index contributed by atoms with van der Waals surface area (Å²) in [6.07, 6.45) is 0.268. The van der Waals surface area contributed by atoms with E-state index in [1.807, 2.05) is 24.3 Å². The molecule has 0 spiro atoms. The van der Waals surface area contributed by atoms with Crippen LogP contribution in [0.2, 0.25) is 4.34 Å². The highest BCUT2D eigenvalue weighted by atomic mass is 35.5. The molecule has 6 nitrogen and oxygen atoms in total. The van der Waals surface area contributed by atoms with Crippen LogP contribution in [0.1, 0.15) is 5.56 Å². The summed E-state index contributed by atoms with van der Waals surface area (Å²) in [5.74, 6) is 0.690. The van der Waals surface area contributed by atoms with Gasteiger partial charge in [-0.05, 0) is 29.8 Å². The Labute approximate surface area is 162 Å². The zero-order valence-corrected chi connectivity index (χ0v) is 16.6. The number of halogens is 1. The van der Waals surface area contributed by atoms with E-state index in [9.17, 15) is 13.2 Å². The van der Waals surface area contributed by atoms with E-state index in [0.717, 1.165) is 16.9 Å². The van der Waals surface area contributed by atoms with Gasteiger partial charge in [0, 0.05) is 26.2 Å². The third kappa shape index (κ3) is 4.20. The molecule has 26 heavy (non-hydrogen) atoms. The highest BCUT2D eigenvalue weighted by Crippen LogP contribution is 2.28. The molecule has 1 fully saturated rings. The fraction of sp³-hybridized carbons (Fsp3) is 0.353. The molecule has 0 bridgehead atoms. The van der Waals surface area contributed by atoms with Gasteiger partial charge in [-0.2, -0.15) is 4.31 Å². The van der Waals surface area contributed by atoms with Crippen molar-refractivity contribution in [3.05, 3.63) is 46.3 Å². The topological polar surface area (TPSA) is 66.9 Å². The molecule has 2 aromatic rings. The van der Waals surface area contributed by atoms with E-state index >= 15 is 0 Å². The van der Waals surface area contributed by atoms with Crippen LogP contribution in [0.4, 0.5) is 0 Å². The molecule has 0 saturated carbocycles. The summed E-state index contributed by atoms with van der Waals surface area (Å²) in [4.78, 5) is 14.2. The highest BCUT2D eigenvalue weighted by Gasteiger charge is 2.31. The molecule has 0 N–H and O–H groups in total. The Bertz CT molecular complexity index is 890. The lowest BCUT2D eigenvalue weighted by Crippen LogP contribution is -2.50. The first-order valence-corrected chi connectivity index (χ1v) is 10.7. The second kappa shape index (κ2) is 7.96. The van der Waals surface area contributed by atoms with Crippen molar-refractivity contribution >= 4 is 38.9 Å². The summed E-state index contributed by atoms with van der Waals surface area (Å²) in [7, 11) is -1.96. The van der Waals surface area contributed by atoms with Crippen LogP contribution in [0.25, 0.3) is 0 Å². The third-order valence-electron chi connectivity index (χ3n) is 4.22. The van der Waals surface area contributed by atoms with E-state index in [1.165, 1.54) is 10.4 Å². The average Bonchev–Trinajstić information content (AvgIpc) is 3.09. The van der Waals surface area contributed by atoms with Gasteiger partial charge in [0.1, 0.15) is 9.96 Å².